The van der Waals surface area contributed by atoms with Crippen LogP contribution in [0.25, 0.3) is 22.3 Å². The van der Waals surface area contributed by atoms with Gasteiger partial charge in [-0.05, 0) is 24.6 Å². The van der Waals surface area contributed by atoms with E-state index in [4.69, 9.17) is 29.2 Å². The van der Waals surface area contributed by atoms with Crippen LogP contribution in [0.15, 0.2) is 52.3 Å². The van der Waals surface area contributed by atoms with Gasteiger partial charge in [-0.25, -0.2) is 24.1 Å². The molecule has 0 radical (unpaired) electrons. The monoisotopic (exact) mass is 638 g/mol. The molecule has 4 aromatic rings. The Morgan fingerprint density at radius 3 is 2.78 bits per heavy atom. The number of aliphatic hydroxyl groups excluding tert-OH is 1. The van der Waals surface area contributed by atoms with Crippen molar-refractivity contribution in [2.75, 3.05) is 12.3 Å². The molecule has 3 aromatic heterocycles. The lowest BCUT2D eigenvalue weighted by molar-refractivity contribution is -0.171. The highest BCUT2D eigenvalue weighted by Gasteiger charge is 2.53. The van der Waals surface area contributed by atoms with Crippen molar-refractivity contribution in [1.82, 2.24) is 24.1 Å². The van der Waals surface area contributed by atoms with Gasteiger partial charge in [0.2, 0.25) is 11.5 Å². The number of carbonyl (C=O) groups is 1. The maximum absolute atomic E-state index is 13.7. The fourth-order valence-corrected chi connectivity index (χ4v) is 7.13. The summed E-state index contributed by atoms with van der Waals surface area (Å²) in [4.78, 5) is 62.0. The summed E-state index contributed by atoms with van der Waals surface area (Å²) in [5.74, 6) is -1.20. The number of cyclic esters (lactones) is 1. The first kappa shape index (κ1) is 29.4. The van der Waals surface area contributed by atoms with E-state index in [1.54, 1.807) is 13.0 Å². The van der Waals surface area contributed by atoms with Gasteiger partial charge in [0.1, 0.15) is 25.3 Å². The summed E-state index contributed by atoms with van der Waals surface area (Å²) in [6.07, 6.45) is -2.50. The van der Waals surface area contributed by atoms with Crippen molar-refractivity contribution >= 4 is 30.6 Å². The summed E-state index contributed by atoms with van der Waals surface area (Å²) in [5, 5.41) is 11.4. The van der Waals surface area contributed by atoms with E-state index < -0.39 is 55.7 Å². The first-order valence-electron chi connectivity index (χ1n) is 14.1. The number of hydrogen-bond donors (Lipinski definition) is 3. The summed E-state index contributed by atoms with van der Waals surface area (Å²) < 4.78 is 37.7. The lowest BCUT2D eigenvalue weighted by Crippen LogP contribution is -2.46. The Morgan fingerprint density at radius 1 is 1.20 bits per heavy atom. The minimum atomic E-state index is -5.08. The van der Waals surface area contributed by atoms with Gasteiger partial charge in [0, 0.05) is 22.9 Å². The number of phosphoric acid groups is 1. The standard InChI is InChI=1S/C28H27N6O10P/c1-2-28(44-45(39,40)42-12-21-20(35)9-22(43-21)34-13-30-26(29)32-27(34)38)17-8-19-23-15(7-14-5-3-4-6-18(14)31-23)10-33(19)24(36)16(17)11-41-25(28)37/h3-8,13,20-22,35H,2,9-12H2,1H3,(H,39,40)(H2,29,32,38)/t20-,21+,22+,28-/m0/s1. The van der Waals surface area contributed by atoms with E-state index in [0.29, 0.717) is 16.9 Å². The number of carbonyl (C=O) groups excluding carboxylic acids is 1. The van der Waals surface area contributed by atoms with Gasteiger partial charge < -0.3 is 29.8 Å². The highest BCUT2D eigenvalue weighted by Crippen LogP contribution is 2.54. The Labute approximate surface area is 253 Å². The molecule has 3 aliphatic rings. The third-order valence-electron chi connectivity index (χ3n) is 8.32. The molecule has 6 heterocycles. The molecule has 7 rings (SSSR count). The van der Waals surface area contributed by atoms with Gasteiger partial charge in [-0.2, -0.15) is 4.98 Å². The molecule has 16 nitrogen and oxygen atoms in total. The summed E-state index contributed by atoms with van der Waals surface area (Å²) in [6, 6.07) is 11.0. The maximum atomic E-state index is 13.7. The van der Waals surface area contributed by atoms with Crippen LogP contribution < -0.4 is 17.0 Å². The van der Waals surface area contributed by atoms with Crippen molar-refractivity contribution in [1.29, 1.82) is 0 Å². The summed E-state index contributed by atoms with van der Waals surface area (Å²) in [6.45, 7) is 0.804. The van der Waals surface area contributed by atoms with Crippen LogP contribution in [0.2, 0.25) is 0 Å². The molecular weight excluding hydrogens is 611 g/mol. The zero-order valence-electron chi connectivity index (χ0n) is 23.7. The second-order valence-electron chi connectivity index (χ2n) is 11.0. The Balaban J connectivity index is 1.17. The molecule has 1 aromatic carbocycles. The number of rotatable bonds is 7. The predicted molar refractivity (Wildman–Crippen MR) is 154 cm³/mol. The Morgan fingerprint density at radius 2 is 2.00 bits per heavy atom. The number of fused-ring (bicyclic) bond motifs is 5. The number of pyridine rings is 2. The number of esters is 1. The van der Waals surface area contributed by atoms with E-state index in [-0.39, 0.29) is 43.1 Å². The molecule has 4 N–H and O–H groups in total. The smallest absolute Gasteiger partial charge is 0.458 e. The number of phosphoric ester groups is 1. The van der Waals surface area contributed by atoms with E-state index in [1.807, 2.05) is 30.3 Å². The molecule has 234 valence electrons. The number of anilines is 1. The summed E-state index contributed by atoms with van der Waals surface area (Å²) >= 11 is 0. The molecule has 0 spiro atoms. The van der Waals surface area contributed by atoms with Crippen molar-refractivity contribution in [3.05, 3.63) is 80.3 Å². The SMILES string of the molecule is CC[C@@]1(OP(=O)(O)OC[C@H]2O[C@@H](n3cnc(N)nc3=O)C[C@@H]2O)C(=O)OCc2c1cc1n(c2=O)Cc2cc3ccccc3nc2-1. The van der Waals surface area contributed by atoms with Gasteiger partial charge in [0.25, 0.3) is 5.56 Å². The van der Waals surface area contributed by atoms with Gasteiger partial charge in [0.05, 0.1) is 41.7 Å². The minimum Gasteiger partial charge on any atom is -0.458 e. The highest BCUT2D eigenvalue weighted by molar-refractivity contribution is 7.47. The number of nitrogens with two attached hydrogens (primary N) is 1. The quantitative estimate of drug-likeness (QED) is 0.168. The number of para-hydroxylation sites is 1. The first-order chi connectivity index (χ1) is 21.5. The van der Waals surface area contributed by atoms with Crippen LogP contribution >= 0.6 is 7.82 Å². The second-order valence-corrected chi connectivity index (χ2v) is 12.3. The van der Waals surface area contributed by atoms with Crippen LogP contribution in [0.5, 0.6) is 0 Å². The normalized spacial score (nSPS) is 25.0. The number of hydrogen-bond acceptors (Lipinski definition) is 13. The number of nitrogens with zero attached hydrogens (tertiary/aromatic N) is 5. The molecule has 17 heteroatoms. The molecule has 0 aliphatic carbocycles. The maximum Gasteiger partial charge on any atom is 0.473 e. The van der Waals surface area contributed by atoms with Crippen LogP contribution in [-0.2, 0) is 46.6 Å². The van der Waals surface area contributed by atoms with Crippen molar-refractivity contribution in [3.8, 4) is 11.4 Å². The van der Waals surface area contributed by atoms with Crippen LogP contribution in [0, 0.1) is 0 Å². The fraction of sp³-hybridized carbons (Fsp3) is 0.357. The molecule has 1 saturated heterocycles. The largest absolute Gasteiger partial charge is 0.473 e. The zero-order valence-corrected chi connectivity index (χ0v) is 24.6. The topological polar surface area (TPSA) is 220 Å². The fourth-order valence-electron chi connectivity index (χ4n) is 6.04. The van der Waals surface area contributed by atoms with Crippen LogP contribution in [-0.4, -0.2) is 58.9 Å². The van der Waals surface area contributed by atoms with E-state index >= 15 is 0 Å². The Kier molecular flexibility index (Phi) is 6.96. The van der Waals surface area contributed by atoms with E-state index in [9.17, 15) is 28.9 Å². The van der Waals surface area contributed by atoms with Crippen molar-refractivity contribution in [2.24, 2.45) is 0 Å². The van der Waals surface area contributed by atoms with Crippen LogP contribution in [0.1, 0.15) is 42.7 Å². The Hall–Kier alpha value is -4.31. The van der Waals surface area contributed by atoms with Gasteiger partial charge >= 0.3 is 19.5 Å². The van der Waals surface area contributed by atoms with Gasteiger partial charge in [-0.15, -0.1) is 0 Å². The first-order valence-corrected chi connectivity index (χ1v) is 15.5. The second kappa shape index (κ2) is 10.7. The number of ether oxygens (including phenoxy) is 2. The van der Waals surface area contributed by atoms with E-state index in [2.05, 4.69) is 9.97 Å². The molecule has 0 amide bonds. The number of nitrogen functional groups attached to an aromatic ring is 1. The number of benzene rings is 1. The van der Waals surface area contributed by atoms with Crippen LogP contribution in [0.3, 0.4) is 0 Å². The minimum absolute atomic E-state index is 0.0732. The number of aromatic nitrogens is 5. The molecule has 5 atom stereocenters. The van der Waals surface area contributed by atoms with Crippen molar-refractivity contribution in [2.45, 2.75) is 57.0 Å². The molecule has 1 unspecified atom stereocenters. The molecule has 3 aliphatic heterocycles. The van der Waals surface area contributed by atoms with Gasteiger partial charge in [-0.3, -0.25) is 18.4 Å². The third-order valence-corrected chi connectivity index (χ3v) is 9.34. The molecule has 0 saturated carbocycles. The average Bonchev–Trinajstić information content (AvgIpc) is 3.56. The molecular formula is C28H27N6O10P. The lowest BCUT2D eigenvalue weighted by Gasteiger charge is -2.36. The predicted octanol–water partition coefficient (Wildman–Crippen LogP) is 1.10. The van der Waals surface area contributed by atoms with Crippen LogP contribution in [0.4, 0.5) is 5.95 Å². The molecule has 0 bridgehead atoms. The Bertz CT molecular complexity index is 2050. The summed E-state index contributed by atoms with van der Waals surface area (Å²) in [7, 11) is -5.08. The van der Waals surface area contributed by atoms with E-state index in [0.717, 1.165) is 21.8 Å². The summed E-state index contributed by atoms with van der Waals surface area (Å²) in [5.41, 5.74) is 4.73. The van der Waals surface area contributed by atoms with Gasteiger partial charge in [0.15, 0.2) is 0 Å². The highest BCUT2D eigenvalue weighted by atomic mass is 31.2. The number of aliphatic hydroxyl groups is 1. The van der Waals surface area contributed by atoms with E-state index in [1.165, 1.54) is 4.57 Å². The van der Waals surface area contributed by atoms with Crippen molar-refractivity contribution in [3.63, 3.8) is 0 Å². The molecule has 1 fully saturated rings. The lowest BCUT2D eigenvalue weighted by atomic mass is 9.86. The van der Waals surface area contributed by atoms with Gasteiger partial charge in [-0.1, -0.05) is 25.1 Å². The zero-order chi connectivity index (χ0) is 31.7. The average molecular weight is 639 g/mol. The third kappa shape index (κ3) is 4.86. The van der Waals surface area contributed by atoms with Crippen molar-refractivity contribution < 1.29 is 37.9 Å². The molecule has 45 heavy (non-hydrogen) atoms.